The van der Waals surface area contributed by atoms with Crippen LogP contribution in [0.3, 0.4) is 0 Å². The minimum Gasteiger partial charge on any atom is -0.480 e. The summed E-state index contributed by atoms with van der Waals surface area (Å²) >= 11 is 11.5. The molecule has 32 heavy (non-hydrogen) atoms. The Labute approximate surface area is 188 Å². The number of nitrogens with one attached hydrogen (secondary N) is 2. The summed E-state index contributed by atoms with van der Waals surface area (Å²) in [6.07, 6.45) is -5.19. The van der Waals surface area contributed by atoms with E-state index >= 15 is 0 Å². The van der Waals surface area contributed by atoms with Gasteiger partial charge in [0.15, 0.2) is 11.7 Å². The minimum atomic E-state index is -5.25. The number of hydrogen-bond donors (Lipinski definition) is 3. The second-order valence-electron chi connectivity index (χ2n) is 6.30. The Bertz CT molecular complexity index is 1100. The average Bonchev–Trinajstić information content (AvgIpc) is 2.67. The van der Waals surface area contributed by atoms with Crippen LogP contribution in [0.4, 0.5) is 23.2 Å². The molecule has 2 aromatic rings. The quantitative estimate of drug-likeness (QED) is 0.263. The van der Waals surface area contributed by atoms with Gasteiger partial charge in [-0.3, -0.25) is 9.59 Å². The van der Waals surface area contributed by atoms with Crippen molar-refractivity contribution in [1.82, 2.24) is 0 Å². The van der Waals surface area contributed by atoms with Crippen molar-refractivity contribution in [2.45, 2.75) is 6.18 Å². The maximum Gasteiger partial charge on any atom is 0.430 e. The standard InChI is InChI=1S/C20H13Cl2F4N3O3/c21-9-3-1-4-10(7-9)29-18(20(24,25)26)11(8-27)17(30)15(19(31)32)16(28)14-12(22)5-2-6-13(14)23/h1-8,11,15,27-28H,(H,31,32). The van der Waals surface area contributed by atoms with E-state index < -0.39 is 57.6 Å². The molecular weight excluding hydrogens is 477 g/mol. The molecule has 0 aliphatic heterocycles. The van der Waals surface area contributed by atoms with E-state index in [0.29, 0.717) is 0 Å². The topological polar surface area (TPSA) is 114 Å². The van der Waals surface area contributed by atoms with Gasteiger partial charge in [0, 0.05) is 11.2 Å². The number of halogens is 6. The van der Waals surface area contributed by atoms with E-state index in [0.717, 1.165) is 30.3 Å². The molecule has 0 amide bonds. The molecule has 0 spiro atoms. The Morgan fingerprint density at radius 3 is 2.25 bits per heavy atom. The van der Waals surface area contributed by atoms with Gasteiger partial charge in [-0.15, -0.1) is 0 Å². The fourth-order valence-electron chi connectivity index (χ4n) is 2.76. The van der Waals surface area contributed by atoms with Gasteiger partial charge in [0.25, 0.3) is 0 Å². The van der Waals surface area contributed by atoms with E-state index in [1.54, 1.807) is 0 Å². The summed E-state index contributed by atoms with van der Waals surface area (Å²) in [5.41, 5.74) is -4.01. The van der Waals surface area contributed by atoms with Crippen molar-refractivity contribution in [2.75, 3.05) is 0 Å². The molecule has 0 bridgehead atoms. The van der Waals surface area contributed by atoms with Gasteiger partial charge in [-0.1, -0.05) is 35.3 Å². The third-order valence-corrected chi connectivity index (χ3v) is 4.72. The summed E-state index contributed by atoms with van der Waals surface area (Å²) < 4.78 is 55.3. The van der Waals surface area contributed by atoms with Crippen molar-refractivity contribution in [2.24, 2.45) is 16.8 Å². The van der Waals surface area contributed by atoms with Crippen LogP contribution in [-0.2, 0) is 9.59 Å². The van der Waals surface area contributed by atoms with Crippen LogP contribution in [0.1, 0.15) is 5.56 Å². The molecule has 0 aliphatic rings. The molecule has 2 aromatic carbocycles. The molecule has 0 heterocycles. The van der Waals surface area contributed by atoms with Gasteiger partial charge < -0.3 is 15.9 Å². The van der Waals surface area contributed by atoms with Crippen molar-refractivity contribution in [3.05, 3.63) is 63.9 Å². The maximum atomic E-state index is 14.2. The van der Waals surface area contributed by atoms with Gasteiger partial charge in [-0.05, 0) is 30.3 Å². The first kappa shape index (κ1) is 25.2. The number of Topliss-reactive ketones (excluding diaryl/α,β-unsaturated/α-hetero) is 1. The third-order valence-electron chi connectivity index (χ3n) is 4.17. The zero-order valence-corrected chi connectivity index (χ0v) is 17.3. The van der Waals surface area contributed by atoms with Gasteiger partial charge in [-0.25, -0.2) is 9.38 Å². The normalized spacial score (nSPS) is 13.9. The molecule has 0 aliphatic carbocycles. The Morgan fingerprint density at radius 2 is 1.75 bits per heavy atom. The van der Waals surface area contributed by atoms with Crippen LogP contribution in [0.2, 0.25) is 10.0 Å². The van der Waals surface area contributed by atoms with Crippen LogP contribution < -0.4 is 0 Å². The lowest BCUT2D eigenvalue weighted by molar-refractivity contribution is -0.143. The maximum absolute atomic E-state index is 14.2. The highest BCUT2D eigenvalue weighted by Crippen LogP contribution is 2.30. The summed E-state index contributed by atoms with van der Waals surface area (Å²) in [7, 11) is 0. The second kappa shape index (κ2) is 10.0. The number of nitrogens with zero attached hydrogens (tertiary/aromatic N) is 1. The lowest BCUT2D eigenvalue weighted by Crippen LogP contribution is -2.44. The number of rotatable bonds is 8. The van der Waals surface area contributed by atoms with Crippen LogP contribution in [0.25, 0.3) is 0 Å². The summed E-state index contributed by atoms with van der Waals surface area (Å²) in [4.78, 5) is 27.9. The first-order valence-corrected chi connectivity index (χ1v) is 9.35. The van der Waals surface area contributed by atoms with Crippen LogP contribution in [0.15, 0.2) is 47.5 Å². The van der Waals surface area contributed by atoms with Crippen LogP contribution in [0.5, 0.6) is 0 Å². The first-order valence-electron chi connectivity index (χ1n) is 8.59. The highest BCUT2D eigenvalue weighted by atomic mass is 35.5. The number of aliphatic carboxylic acids is 1. The number of benzene rings is 2. The Kier molecular flexibility index (Phi) is 7.87. The molecule has 0 radical (unpaired) electrons. The highest BCUT2D eigenvalue weighted by Gasteiger charge is 2.47. The monoisotopic (exact) mass is 489 g/mol. The minimum absolute atomic E-state index is 0.0462. The first-order chi connectivity index (χ1) is 14.9. The van der Waals surface area contributed by atoms with Crippen LogP contribution in [0, 0.1) is 28.5 Å². The fraction of sp³-hybridized carbons (Fsp3) is 0.150. The summed E-state index contributed by atoms with van der Waals surface area (Å²) in [6, 6.07) is 8.00. The van der Waals surface area contributed by atoms with E-state index in [1.807, 2.05) is 0 Å². The molecular formula is C20H13Cl2F4N3O3. The molecule has 0 aromatic heterocycles. The van der Waals surface area contributed by atoms with Crippen molar-refractivity contribution >= 4 is 58.3 Å². The van der Waals surface area contributed by atoms with Gasteiger partial charge in [0.2, 0.25) is 0 Å². The molecule has 168 valence electrons. The number of ketones is 1. The predicted octanol–water partition coefficient (Wildman–Crippen LogP) is 5.37. The lowest BCUT2D eigenvalue weighted by atomic mass is 9.84. The SMILES string of the molecule is N=CC(C(=O)C(C(=N)c1c(F)cccc1Cl)C(=O)O)C(=Nc1cccc(Cl)c1)C(F)(F)F. The second-order valence-corrected chi connectivity index (χ2v) is 7.15. The molecule has 2 rings (SSSR count). The number of aliphatic imine (C=N–C) groups is 1. The molecule has 3 N–H and O–H groups in total. The number of alkyl halides is 3. The third kappa shape index (κ3) is 5.57. The van der Waals surface area contributed by atoms with Crippen molar-refractivity contribution in [3.8, 4) is 0 Å². The molecule has 0 saturated heterocycles. The zero-order valence-electron chi connectivity index (χ0n) is 15.8. The van der Waals surface area contributed by atoms with E-state index in [1.165, 1.54) is 12.1 Å². The van der Waals surface area contributed by atoms with E-state index in [4.69, 9.17) is 34.0 Å². The Balaban J connectivity index is 2.60. The summed E-state index contributed by atoms with van der Waals surface area (Å²) in [5, 5.41) is 24.5. The van der Waals surface area contributed by atoms with E-state index in [9.17, 15) is 32.3 Å². The Morgan fingerprint density at radius 1 is 1.12 bits per heavy atom. The van der Waals surface area contributed by atoms with Gasteiger partial charge in [0.05, 0.1) is 22.0 Å². The molecule has 12 heteroatoms. The van der Waals surface area contributed by atoms with Crippen LogP contribution >= 0.6 is 23.2 Å². The zero-order chi connectivity index (χ0) is 24.2. The van der Waals surface area contributed by atoms with Crippen LogP contribution in [-0.4, -0.2) is 40.7 Å². The summed E-state index contributed by atoms with van der Waals surface area (Å²) in [5.74, 6) is -9.93. The summed E-state index contributed by atoms with van der Waals surface area (Å²) in [6.45, 7) is 0. The number of carboxylic acids is 1. The number of carbonyl (C=O) groups is 2. The molecule has 2 atom stereocenters. The molecule has 0 fully saturated rings. The number of hydrogen-bond acceptors (Lipinski definition) is 5. The molecule has 6 nitrogen and oxygen atoms in total. The van der Waals surface area contributed by atoms with Gasteiger partial charge in [-0.2, -0.15) is 13.2 Å². The smallest absolute Gasteiger partial charge is 0.430 e. The molecule has 2 unspecified atom stereocenters. The Hall–Kier alpha value is -3.11. The van der Waals surface area contributed by atoms with Gasteiger partial charge in [0.1, 0.15) is 17.4 Å². The van der Waals surface area contributed by atoms with E-state index in [2.05, 4.69) is 4.99 Å². The van der Waals surface area contributed by atoms with Crippen molar-refractivity contribution in [3.63, 3.8) is 0 Å². The lowest BCUT2D eigenvalue weighted by Gasteiger charge is -2.21. The number of carbonyl (C=O) groups excluding carboxylic acids is 1. The largest absolute Gasteiger partial charge is 0.480 e. The molecule has 0 saturated carbocycles. The predicted molar refractivity (Wildman–Crippen MR) is 111 cm³/mol. The highest BCUT2D eigenvalue weighted by molar-refractivity contribution is 6.37. The van der Waals surface area contributed by atoms with E-state index in [-0.39, 0.29) is 16.9 Å². The van der Waals surface area contributed by atoms with Crippen molar-refractivity contribution < 1.29 is 32.3 Å². The van der Waals surface area contributed by atoms with Gasteiger partial charge >= 0.3 is 12.1 Å². The fourth-order valence-corrected chi connectivity index (χ4v) is 3.21. The number of carboxylic acid groups (broad SMARTS) is 1. The average molecular weight is 490 g/mol. The van der Waals surface area contributed by atoms with Crippen molar-refractivity contribution in [1.29, 1.82) is 10.8 Å².